The quantitative estimate of drug-likeness (QED) is 0.709. The molecule has 3 rings (SSSR count). The van der Waals surface area contributed by atoms with Gasteiger partial charge in [0.1, 0.15) is 17.3 Å². The lowest BCUT2D eigenvalue weighted by Crippen LogP contribution is -2.26. The predicted octanol–water partition coefficient (Wildman–Crippen LogP) is 5.21. The highest BCUT2D eigenvalue weighted by molar-refractivity contribution is 5.97. The van der Waals surface area contributed by atoms with Crippen LogP contribution in [0.25, 0.3) is 0 Å². The number of nitrogens with one attached hydrogen (secondary N) is 1. The summed E-state index contributed by atoms with van der Waals surface area (Å²) in [7, 11) is 0. The normalized spacial score (nSPS) is 14.0. The van der Waals surface area contributed by atoms with Crippen LogP contribution in [0.1, 0.15) is 30.9 Å². The molecule has 0 atom stereocenters. The predicted molar refractivity (Wildman–Crippen MR) is 113 cm³/mol. The summed E-state index contributed by atoms with van der Waals surface area (Å²) >= 11 is 0. The van der Waals surface area contributed by atoms with Gasteiger partial charge in [-0.1, -0.05) is 31.2 Å². The summed E-state index contributed by atoms with van der Waals surface area (Å²) < 4.78 is 19.9. The minimum absolute atomic E-state index is 0.262. The fourth-order valence-electron chi connectivity index (χ4n) is 3.12. The molecule has 0 saturated heterocycles. The van der Waals surface area contributed by atoms with E-state index in [0.29, 0.717) is 35.6 Å². The van der Waals surface area contributed by atoms with Crippen LogP contribution in [-0.4, -0.2) is 5.91 Å². The van der Waals surface area contributed by atoms with Gasteiger partial charge in [-0.2, -0.15) is 0 Å². The molecule has 29 heavy (non-hydrogen) atoms. The third-order valence-corrected chi connectivity index (χ3v) is 4.73. The van der Waals surface area contributed by atoms with E-state index in [1.807, 2.05) is 62.4 Å². The fourth-order valence-corrected chi connectivity index (χ4v) is 3.12. The Labute approximate surface area is 170 Å². The third kappa shape index (κ3) is 5.35. The summed E-state index contributed by atoms with van der Waals surface area (Å²) in [6.45, 7) is 4.18. The van der Waals surface area contributed by atoms with Crippen LogP contribution in [0.15, 0.2) is 83.4 Å². The van der Waals surface area contributed by atoms with Crippen molar-refractivity contribution in [3.63, 3.8) is 0 Å². The van der Waals surface area contributed by atoms with Gasteiger partial charge in [0.2, 0.25) is 0 Å². The number of nitrogens with two attached hydrogens (primary N) is 1. The highest BCUT2D eigenvalue weighted by Gasteiger charge is 2.16. The molecule has 0 aromatic heterocycles. The summed E-state index contributed by atoms with van der Waals surface area (Å²) in [6.07, 6.45) is 3.57. The summed E-state index contributed by atoms with van der Waals surface area (Å²) in [6, 6.07) is 15.3. The third-order valence-electron chi connectivity index (χ3n) is 4.73. The van der Waals surface area contributed by atoms with E-state index < -0.39 is 0 Å². The smallest absolute Gasteiger partial charge is 0.253 e. The summed E-state index contributed by atoms with van der Waals surface area (Å²) in [5.74, 6) is 0.802. The Balaban J connectivity index is 1.66. The lowest BCUT2D eigenvalue weighted by Gasteiger charge is -2.11. The van der Waals surface area contributed by atoms with Gasteiger partial charge in [-0.05, 0) is 66.5 Å². The van der Waals surface area contributed by atoms with Crippen LogP contribution in [0.4, 0.5) is 4.39 Å². The number of aryl methyl sites for hydroxylation is 1. The van der Waals surface area contributed by atoms with Crippen molar-refractivity contribution in [3.05, 3.63) is 94.5 Å². The van der Waals surface area contributed by atoms with Crippen LogP contribution in [0.3, 0.4) is 0 Å². The van der Waals surface area contributed by atoms with Crippen LogP contribution in [0, 0.1) is 6.92 Å². The molecule has 0 unspecified atom stereocenters. The number of amides is 1. The Morgan fingerprint density at radius 2 is 1.86 bits per heavy atom. The monoisotopic (exact) mass is 392 g/mol. The number of hydrogen-bond donors (Lipinski definition) is 2. The molecule has 1 aliphatic carbocycles. The molecule has 0 spiro atoms. The first-order valence-corrected chi connectivity index (χ1v) is 9.62. The molecule has 150 valence electrons. The second kappa shape index (κ2) is 9.24. The first kappa shape index (κ1) is 20.4. The average Bonchev–Trinajstić information content (AvgIpc) is 2.84. The van der Waals surface area contributed by atoms with Gasteiger partial charge >= 0.3 is 0 Å². The number of halogens is 1. The number of rotatable bonds is 6. The van der Waals surface area contributed by atoms with Crippen LogP contribution < -0.4 is 15.8 Å². The number of carbonyl (C=O) groups is 1. The van der Waals surface area contributed by atoms with Gasteiger partial charge in [0.05, 0.1) is 5.57 Å². The number of carbonyl (C=O) groups excluding carboxylic acids is 1. The second-order valence-corrected chi connectivity index (χ2v) is 7.00. The van der Waals surface area contributed by atoms with Crippen LogP contribution in [0.5, 0.6) is 11.5 Å². The lowest BCUT2D eigenvalue weighted by atomic mass is 10.1. The number of hydrogen-bond acceptors (Lipinski definition) is 3. The van der Waals surface area contributed by atoms with E-state index in [9.17, 15) is 9.18 Å². The second-order valence-electron chi connectivity index (χ2n) is 7.00. The summed E-state index contributed by atoms with van der Waals surface area (Å²) in [4.78, 5) is 12.6. The van der Waals surface area contributed by atoms with E-state index in [4.69, 9.17) is 10.5 Å². The Morgan fingerprint density at radius 3 is 2.59 bits per heavy atom. The Hall–Kier alpha value is -3.34. The first-order chi connectivity index (χ1) is 14.0. The molecule has 0 fully saturated rings. The summed E-state index contributed by atoms with van der Waals surface area (Å²) in [5.41, 5.74) is 9.33. The Morgan fingerprint density at radius 1 is 1.14 bits per heavy atom. The minimum atomic E-state index is -0.325. The molecular formula is C24H25FN2O2. The maximum Gasteiger partial charge on any atom is 0.253 e. The van der Waals surface area contributed by atoms with Crippen LogP contribution >= 0.6 is 0 Å². The van der Waals surface area contributed by atoms with Gasteiger partial charge in [0.25, 0.3) is 5.91 Å². The molecule has 0 radical (unpaired) electrons. The van der Waals surface area contributed by atoms with Gasteiger partial charge in [0, 0.05) is 18.7 Å². The van der Waals surface area contributed by atoms with Gasteiger partial charge in [-0.25, -0.2) is 4.39 Å². The maximum absolute atomic E-state index is 14.0. The summed E-state index contributed by atoms with van der Waals surface area (Å²) in [5, 5.41) is 2.85. The minimum Gasteiger partial charge on any atom is -0.457 e. The molecule has 1 amide bonds. The maximum atomic E-state index is 14.0. The van der Waals surface area contributed by atoms with Crippen molar-refractivity contribution < 1.29 is 13.9 Å². The molecule has 0 aliphatic heterocycles. The SMILES string of the molecule is CCC1=C(F)C=CC(C(=O)NCc2cccc(Oc3cccc(C)c3)c2)=C(N)C1. The van der Waals surface area contributed by atoms with Crippen molar-refractivity contribution in [1.29, 1.82) is 0 Å². The molecule has 3 N–H and O–H groups in total. The molecule has 0 heterocycles. The standard InChI is InChI=1S/C24H25FN2O2/c1-3-18-14-23(26)21(10-11-22(18)25)24(28)27-15-17-7-5-9-20(13-17)29-19-8-4-6-16(2)12-19/h4-13H,3,14-15,26H2,1-2H3,(H,27,28). The van der Waals surface area contributed by atoms with Gasteiger partial charge in [-0.15, -0.1) is 0 Å². The highest BCUT2D eigenvalue weighted by Crippen LogP contribution is 2.25. The fraction of sp³-hybridized carbons (Fsp3) is 0.208. The van der Waals surface area contributed by atoms with Crippen molar-refractivity contribution in [2.75, 3.05) is 0 Å². The number of benzene rings is 2. The Kier molecular flexibility index (Phi) is 6.50. The molecule has 2 aromatic carbocycles. The largest absolute Gasteiger partial charge is 0.457 e. The van der Waals surface area contributed by atoms with Crippen molar-refractivity contribution >= 4 is 5.91 Å². The van der Waals surface area contributed by atoms with Gasteiger partial charge in [0.15, 0.2) is 0 Å². The van der Waals surface area contributed by atoms with Gasteiger partial charge in [-0.3, -0.25) is 4.79 Å². The van der Waals surface area contributed by atoms with Crippen LogP contribution in [0.2, 0.25) is 0 Å². The zero-order valence-electron chi connectivity index (χ0n) is 16.7. The topological polar surface area (TPSA) is 64.3 Å². The van der Waals surface area contributed by atoms with Crippen molar-refractivity contribution in [3.8, 4) is 11.5 Å². The molecule has 5 heteroatoms. The number of ether oxygens (including phenoxy) is 1. The van der Waals surface area contributed by atoms with Crippen LogP contribution in [-0.2, 0) is 11.3 Å². The van der Waals surface area contributed by atoms with E-state index in [-0.39, 0.29) is 18.2 Å². The van der Waals surface area contributed by atoms with E-state index >= 15 is 0 Å². The zero-order chi connectivity index (χ0) is 20.8. The van der Waals surface area contributed by atoms with Crippen molar-refractivity contribution in [2.24, 2.45) is 5.73 Å². The molecule has 4 nitrogen and oxygen atoms in total. The lowest BCUT2D eigenvalue weighted by molar-refractivity contribution is -0.117. The molecular weight excluding hydrogens is 367 g/mol. The first-order valence-electron chi connectivity index (χ1n) is 9.62. The molecule has 2 aromatic rings. The zero-order valence-corrected chi connectivity index (χ0v) is 16.7. The molecule has 1 aliphatic rings. The van der Waals surface area contributed by atoms with E-state index in [1.165, 1.54) is 12.2 Å². The van der Waals surface area contributed by atoms with E-state index in [0.717, 1.165) is 16.9 Å². The Bertz CT molecular complexity index is 1010. The van der Waals surface area contributed by atoms with Crippen molar-refractivity contribution in [2.45, 2.75) is 33.2 Å². The number of allylic oxidation sites excluding steroid dienone is 3. The van der Waals surface area contributed by atoms with E-state index in [2.05, 4.69) is 5.32 Å². The molecule has 0 saturated carbocycles. The van der Waals surface area contributed by atoms with E-state index in [1.54, 1.807) is 0 Å². The average molecular weight is 392 g/mol. The van der Waals surface area contributed by atoms with Gasteiger partial charge < -0.3 is 15.8 Å². The highest BCUT2D eigenvalue weighted by atomic mass is 19.1. The van der Waals surface area contributed by atoms with Crippen molar-refractivity contribution in [1.82, 2.24) is 5.32 Å². The molecule has 0 bridgehead atoms.